The van der Waals surface area contributed by atoms with Crippen LogP contribution in [0.5, 0.6) is 0 Å². The van der Waals surface area contributed by atoms with Gasteiger partial charge in [0.2, 0.25) is 7.85 Å². The molecule has 1 aliphatic rings. The van der Waals surface area contributed by atoms with Gasteiger partial charge in [-0.25, -0.2) is 4.79 Å². The van der Waals surface area contributed by atoms with Gasteiger partial charge in [0.25, 0.3) is 0 Å². The van der Waals surface area contributed by atoms with Gasteiger partial charge in [0.1, 0.15) is 6.04 Å². The predicted molar refractivity (Wildman–Crippen MR) is 53.7 cm³/mol. The Morgan fingerprint density at radius 3 is 2.46 bits per heavy atom. The summed E-state index contributed by atoms with van der Waals surface area (Å²) in [6.45, 7) is 3.69. The molecular formula is C7H12BNO3S. The van der Waals surface area contributed by atoms with Crippen LogP contribution in [-0.4, -0.2) is 46.3 Å². The minimum atomic E-state index is -0.926. The van der Waals surface area contributed by atoms with Crippen molar-refractivity contribution in [1.29, 1.82) is 0 Å². The summed E-state index contributed by atoms with van der Waals surface area (Å²) in [5, 5.41) is 8.96. The lowest BCUT2D eigenvalue weighted by Gasteiger charge is -2.26. The molecule has 1 rings (SSSR count). The number of carboxylic acid groups (broad SMARTS) is 1. The molecule has 1 aliphatic heterocycles. The molecule has 0 aromatic rings. The van der Waals surface area contributed by atoms with Gasteiger partial charge >= 0.3 is 5.97 Å². The molecule has 0 aromatic heterocycles. The zero-order chi connectivity index (χ0) is 10.2. The van der Waals surface area contributed by atoms with Crippen molar-refractivity contribution in [3.8, 4) is 0 Å². The van der Waals surface area contributed by atoms with Gasteiger partial charge in [-0.15, -0.1) is 11.8 Å². The Kier molecular flexibility index (Phi) is 2.61. The van der Waals surface area contributed by atoms with E-state index in [1.54, 1.807) is 0 Å². The average Bonchev–Trinajstić information content (AvgIpc) is 2.24. The van der Waals surface area contributed by atoms with Crippen molar-refractivity contribution in [3.63, 3.8) is 0 Å². The molecule has 1 unspecified atom stereocenters. The monoisotopic (exact) mass is 201 g/mol. The molecule has 1 amide bonds. The molecule has 0 radical (unpaired) electrons. The van der Waals surface area contributed by atoms with E-state index in [4.69, 9.17) is 5.11 Å². The number of hydrogen-bond donors (Lipinski definition) is 1. The maximum absolute atomic E-state index is 11.1. The van der Waals surface area contributed by atoms with Crippen molar-refractivity contribution >= 4 is 31.4 Å². The molecule has 0 aromatic carbocycles. The number of hydrogen-bond acceptors (Lipinski definition) is 3. The Morgan fingerprint density at radius 1 is 1.62 bits per heavy atom. The van der Waals surface area contributed by atoms with Crippen LogP contribution in [0.15, 0.2) is 0 Å². The zero-order valence-corrected chi connectivity index (χ0v) is 8.72. The van der Waals surface area contributed by atoms with Crippen molar-refractivity contribution in [2.45, 2.75) is 24.6 Å². The van der Waals surface area contributed by atoms with E-state index in [1.807, 2.05) is 13.8 Å². The van der Waals surface area contributed by atoms with Crippen molar-refractivity contribution in [2.24, 2.45) is 0 Å². The summed E-state index contributed by atoms with van der Waals surface area (Å²) in [5.74, 6) is -0.630. The standard InChI is InChI=1S/C7H12BNO3S/c1-7(2)4(5(10)11)9(3-13-7)6(8)12/h4H,3,8H2,1-2H3,(H,10,11). The number of amides is 1. The highest BCUT2D eigenvalue weighted by molar-refractivity contribution is 8.00. The molecule has 13 heavy (non-hydrogen) atoms. The fourth-order valence-corrected chi connectivity index (χ4v) is 2.66. The maximum Gasteiger partial charge on any atom is 0.327 e. The lowest BCUT2D eigenvalue weighted by Crippen LogP contribution is -2.48. The van der Waals surface area contributed by atoms with Gasteiger partial charge in [0, 0.05) is 4.75 Å². The average molecular weight is 201 g/mol. The first-order valence-corrected chi connectivity index (χ1v) is 4.99. The van der Waals surface area contributed by atoms with E-state index in [0.29, 0.717) is 5.88 Å². The van der Waals surface area contributed by atoms with Gasteiger partial charge in [-0.1, -0.05) is 0 Å². The minimum absolute atomic E-state index is 0.175. The molecule has 0 saturated carbocycles. The Bertz CT molecular complexity index is 256. The van der Waals surface area contributed by atoms with Crippen LogP contribution in [0.1, 0.15) is 13.8 Å². The van der Waals surface area contributed by atoms with Gasteiger partial charge in [-0.2, -0.15) is 0 Å². The van der Waals surface area contributed by atoms with E-state index in [-0.39, 0.29) is 5.81 Å². The third-order valence-electron chi connectivity index (χ3n) is 2.18. The molecule has 72 valence electrons. The molecule has 6 heteroatoms. The Morgan fingerprint density at radius 2 is 2.15 bits per heavy atom. The lowest BCUT2D eigenvalue weighted by atomic mass is 9.99. The number of carbonyl (C=O) groups excluding carboxylic acids is 1. The fraction of sp³-hybridized carbons (Fsp3) is 0.714. The second-order valence-electron chi connectivity index (χ2n) is 3.61. The van der Waals surface area contributed by atoms with E-state index in [2.05, 4.69) is 0 Å². The summed E-state index contributed by atoms with van der Waals surface area (Å²) >= 11 is 1.50. The van der Waals surface area contributed by atoms with Crippen molar-refractivity contribution in [2.75, 3.05) is 5.88 Å². The van der Waals surface area contributed by atoms with Crippen LogP contribution >= 0.6 is 11.8 Å². The highest BCUT2D eigenvalue weighted by Gasteiger charge is 2.46. The maximum atomic E-state index is 11.1. The van der Waals surface area contributed by atoms with Crippen molar-refractivity contribution in [1.82, 2.24) is 4.90 Å². The topological polar surface area (TPSA) is 57.6 Å². The van der Waals surface area contributed by atoms with Crippen LogP contribution < -0.4 is 0 Å². The third kappa shape index (κ3) is 1.82. The summed E-state index contributed by atoms with van der Waals surface area (Å²) in [6, 6.07) is -0.699. The van der Waals surface area contributed by atoms with Gasteiger partial charge in [0.15, 0.2) is 5.81 Å². The largest absolute Gasteiger partial charge is 0.480 e. The van der Waals surface area contributed by atoms with E-state index < -0.39 is 16.8 Å². The molecule has 0 aliphatic carbocycles. The summed E-state index contributed by atoms with van der Waals surface area (Å²) in [6.07, 6.45) is 0. The van der Waals surface area contributed by atoms with Crippen LogP contribution in [0.2, 0.25) is 0 Å². The predicted octanol–water partition coefficient (Wildman–Crippen LogP) is -0.0224. The quantitative estimate of drug-likeness (QED) is 0.605. The summed E-state index contributed by atoms with van der Waals surface area (Å²) in [7, 11) is 1.40. The number of carboxylic acids is 1. The smallest absolute Gasteiger partial charge is 0.327 e. The van der Waals surface area contributed by atoms with Crippen LogP contribution in [0.3, 0.4) is 0 Å². The number of rotatable bonds is 1. The third-order valence-corrected chi connectivity index (χ3v) is 3.56. The first-order chi connectivity index (χ1) is 5.86. The second-order valence-corrected chi connectivity index (χ2v) is 5.21. The molecule has 0 spiro atoms. The van der Waals surface area contributed by atoms with Crippen LogP contribution in [0.4, 0.5) is 4.79 Å². The van der Waals surface area contributed by atoms with Crippen LogP contribution in [0.25, 0.3) is 0 Å². The van der Waals surface area contributed by atoms with Crippen LogP contribution in [0, 0.1) is 0 Å². The summed E-state index contributed by atoms with van der Waals surface area (Å²) in [4.78, 5) is 23.4. The van der Waals surface area contributed by atoms with Gasteiger partial charge < -0.3 is 10.0 Å². The Labute approximate surface area is 82.1 Å². The van der Waals surface area contributed by atoms with E-state index in [0.717, 1.165) is 0 Å². The van der Waals surface area contributed by atoms with E-state index >= 15 is 0 Å². The summed E-state index contributed by atoms with van der Waals surface area (Å²) < 4.78 is -0.391. The molecule has 1 atom stereocenters. The fourth-order valence-electron chi connectivity index (χ4n) is 1.47. The number of aliphatic carboxylic acids is 1. The molecule has 1 fully saturated rings. The van der Waals surface area contributed by atoms with Gasteiger partial charge in [-0.3, -0.25) is 4.79 Å². The zero-order valence-electron chi connectivity index (χ0n) is 7.90. The summed E-state index contributed by atoms with van der Waals surface area (Å²) in [5.41, 5.74) is 0. The normalized spacial score (nSPS) is 26.0. The second kappa shape index (κ2) is 3.25. The first-order valence-electron chi connectivity index (χ1n) is 4.00. The highest BCUT2D eigenvalue weighted by atomic mass is 32.2. The molecular weight excluding hydrogens is 189 g/mol. The van der Waals surface area contributed by atoms with Crippen LogP contribution in [-0.2, 0) is 4.79 Å². The number of nitrogens with zero attached hydrogens (tertiary/aromatic N) is 1. The highest BCUT2D eigenvalue weighted by Crippen LogP contribution is 2.39. The molecule has 1 saturated heterocycles. The Hall–Kier alpha value is -0.645. The van der Waals surface area contributed by atoms with E-state index in [9.17, 15) is 9.59 Å². The number of thioether (sulfide) groups is 1. The molecule has 1 N–H and O–H groups in total. The lowest BCUT2D eigenvalue weighted by molar-refractivity contribution is -0.142. The van der Waals surface area contributed by atoms with Gasteiger partial charge in [0.05, 0.1) is 5.88 Å². The Balaban J connectivity index is 2.92. The van der Waals surface area contributed by atoms with Crippen molar-refractivity contribution < 1.29 is 14.7 Å². The van der Waals surface area contributed by atoms with E-state index in [1.165, 1.54) is 24.5 Å². The molecule has 1 heterocycles. The number of carbonyl (C=O) groups is 2. The molecule has 0 bridgehead atoms. The SMILES string of the molecule is BC(=O)N1CSC(C)(C)C1C(=O)O. The van der Waals surface area contributed by atoms with Gasteiger partial charge in [-0.05, 0) is 13.8 Å². The van der Waals surface area contributed by atoms with Crippen molar-refractivity contribution in [3.05, 3.63) is 0 Å². The first kappa shape index (κ1) is 10.4. The molecule has 4 nitrogen and oxygen atoms in total. The minimum Gasteiger partial charge on any atom is -0.480 e.